The second kappa shape index (κ2) is 6.65. The van der Waals surface area contributed by atoms with Crippen molar-refractivity contribution < 1.29 is 19.1 Å². The molecule has 1 aliphatic rings. The molecular weight excluding hydrogens is 272 g/mol. The number of nitrogens with zero attached hydrogens (tertiary/aromatic N) is 1. The quantitative estimate of drug-likeness (QED) is 0.810. The van der Waals surface area contributed by atoms with E-state index >= 15 is 0 Å². The molecule has 1 saturated carbocycles. The second-order valence-electron chi connectivity index (χ2n) is 5.42. The normalized spacial score (nSPS) is 14.0. The molecule has 1 heterocycles. The van der Waals surface area contributed by atoms with Crippen LogP contribution in [0.15, 0.2) is 10.5 Å². The fourth-order valence-corrected chi connectivity index (χ4v) is 2.27. The minimum atomic E-state index is -1.02. The number of carbonyl (C=O) groups excluding carboxylic acids is 1. The number of hydrogen-bond acceptors (Lipinski definition) is 3. The molecule has 116 valence electrons. The Bertz CT molecular complexity index is 520. The molecule has 0 bridgehead atoms. The summed E-state index contributed by atoms with van der Waals surface area (Å²) in [4.78, 5) is 25.0. The molecule has 0 saturated heterocycles. The summed E-state index contributed by atoms with van der Waals surface area (Å²) in [5.74, 6) is -0.197. The highest BCUT2D eigenvalue weighted by atomic mass is 16.4. The molecule has 2 rings (SSSR count). The van der Waals surface area contributed by atoms with Crippen LogP contribution in [0.4, 0.5) is 4.79 Å². The monoisotopic (exact) mass is 294 g/mol. The largest absolute Gasteiger partial charge is 0.478 e. The summed E-state index contributed by atoms with van der Waals surface area (Å²) < 4.78 is 5.35. The van der Waals surface area contributed by atoms with Crippen molar-refractivity contribution in [3.8, 4) is 0 Å². The van der Waals surface area contributed by atoms with Crippen molar-refractivity contribution in [3.05, 3.63) is 23.2 Å². The van der Waals surface area contributed by atoms with Crippen molar-refractivity contribution in [2.24, 2.45) is 0 Å². The van der Waals surface area contributed by atoms with E-state index in [1.54, 1.807) is 6.92 Å². The molecule has 6 nitrogen and oxygen atoms in total. The van der Waals surface area contributed by atoms with Crippen molar-refractivity contribution in [2.75, 3.05) is 6.54 Å². The van der Waals surface area contributed by atoms with E-state index in [0.717, 1.165) is 32.2 Å². The van der Waals surface area contributed by atoms with Crippen molar-refractivity contribution in [3.63, 3.8) is 0 Å². The summed E-state index contributed by atoms with van der Waals surface area (Å²) in [5.41, 5.74) is 0.143. The first-order valence-corrected chi connectivity index (χ1v) is 7.40. The van der Waals surface area contributed by atoms with Crippen LogP contribution in [0.3, 0.4) is 0 Å². The smallest absolute Gasteiger partial charge is 0.339 e. The SMILES string of the molecule is CCCCN(C(=O)NCc1cc(C(=O)O)c(C)o1)C1CC1. The Labute approximate surface area is 124 Å². The average molecular weight is 294 g/mol. The van der Waals surface area contributed by atoms with E-state index in [2.05, 4.69) is 12.2 Å². The highest BCUT2D eigenvalue weighted by Gasteiger charge is 2.32. The van der Waals surface area contributed by atoms with Crippen LogP contribution in [0.5, 0.6) is 0 Å². The first-order valence-electron chi connectivity index (χ1n) is 7.40. The predicted molar refractivity (Wildman–Crippen MR) is 77.3 cm³/mol. The first-order chi connectivity index (χ1) is 10.0. The van der Waals surface area contributed by atoms with E-state index in [0.29, 0.717) is 17.6 Å². The number of urea groups is 1. The lowest BCUT2D eigenvalue weighted by Crippen LogP contribution is -2.41. The van der Waals surface area contributed by atoms with Gasteiger partial charge in [0.2, 0.25) is 0 Å². The Morgan fingerprint density at radius 1 is 1.48 bits per heavy atom. The zero-order chi connectivity index (χ0) is 15.4. The van der Waals surface area contributed by atoms with Gasteiger partial charge in [0.25, 0.3) is 0 Å². The number of amides is 2. The van der Waals surface area contributed by atoms with Gasteiger partial charge in [-0.25, -0.2) is 9.59 Å². The zero-order valence-electron chi connectivity index (χ0n) is 12.5. The minimum absolute atomic E-state index is 0.100. The van der Waals surface area contributed by atoms with Crippen LogP contribution in [0.1, 0.15) is 54.5 Å². The molecule has 0 aliphatic heterocycles. The van der Waals surface area contributed by atoms with Gasteiger partial charge in [0.05, 0.1) is 6.54 Å². The number of nitrogens with one attached hydrogen (secondary N) is 1. The minimum Gasteiger partial charge on any atom is -0.478 e. The number of aromatic carboxylic acids is 1. The molecule has 0 radical (unpaired) electrons. The van der Waals surface area contributed by atoms with E-state index in [-0.39, 0.29) is 18.1 Å². The molecule has 1 aromatic heterocycles. The first kappa shape index (κ1) is 15.4. The van der Waals surface area contributed by atoms with Gasteiger partial charge in [0, 0.05) is 12.6 Å². The third kappa shape index (κ3) is 4.00. The van der Waals surface area contributed by atoms with Crippen LogP contribution < -0.4 is 5.32 Å². The Balaban J connectivity index is 1.90. The number of unbranched alkanes of at least 4 members (excludes halogenated alkanes) is 1. The van der Waals surface area contributed by atoms with Crippen LogP contribution in [0.25, 0.3) is 0 Å². The average Bonchev–Trinajstić information content (AvgIpc) is 3.19. The molecule has 0 atom stereocenters. The van der Waals surface area contributed by atoms with Gasteiger partial charge in [-0.3, -0.25) is 0 Å². The number of furan rings is 1. The maximum Gasteiger partial charge on any atom is 0.339 e. The molecule has 6 heteroatoms. The standard InChI is InChI=1S/C15H22N2O4/c1-3-4-7-17(11-5-6-11)15(20)16-9-12-8-13(14(18)19)10(2)21-12/h8,11H,3-7,9H2,1-2H3,(H,16,20)(H,18,19). The van der Waals surface area contributed by atoms with Gasteiger partial charge in [-0.1, -0.05) is 13.3 Å². The Kier molecular flexibility index (Phi) is 4.88. The molecule has 2 amide bonds. The van der Waals surface area contributed by atoms with E-state index in [1.165, 1.54) is 6.07 Å². The van der Waals surface area contributed by atoms with Crippen molar-refractivity contribution in [1.29, 1.82) is 0 Å². The van der Waals surface area contributed by atoms with Crippen LogP contribution in [-0.4, -0.2) is 34.6 Å². The lowest BCUT2D eigenvalue weighted by molar-refractivity contribution is 0.0695. The number of carbonyl (C=O) groups is 2. The third-order valence-corrected chi connectivity index (χ3v) is 3.61. The van der Waals surface area contributed by atoms with Crippen LogP contribution >= 0.6 is 0 Å². The van der Waals surface area contributed by atoms with Crippen molar-refractivity contribution in [1.82, 2.24) is 10.2 Å². The number of carboxylic acid groups (broad SMARTS) is 1. The van der Waals surface area contributed by atoms with E-state index in [4.69, 9.17) is 9.52 Å². The molecule has 1 aliphatic carbocycles. The molecule has 1 aromatic rings. The highest BCUT2D eigenvalue weighted by Crippen LogP contribution is 2.27. The number of rotatable bonds is 7. The molecule has 1 fully saturated rings. The van der Waals surface area contributed by atoms with Gasteiger partial charge < -0.3 is 19.7 Å². The van der Waals surface area contributed by atoms with Gasteiger partial charge in [0.1, 0.15) is 17.1 Å². The maximum atomic E-state index is 12.2. The van der Waals surface area contributed by atoms with Crippen LogP contribution in [0, 0.1) is 6.92 Å². The molecule has 0 unspecified atom stereocenters. The lowest BCUT2D eigenvalue weighted by atomic mass is 10.2. The van der Waals surface area contributed by atoms with Gasteiger partial charge in [-0.2, -0.15) is 0 Å². The molecule has 0 spiro atoms. The van der Waals surface area contributed by atoms with E-state index < -0.39 is 5.97 Å². The van der Waals surface area contributed by atoms with Crippen molar-refractivity contribution in [2.45, 2.75) is 52.1 Å². The zero-order valence-corrected chi connectivity index (χ0v) is 12.5. The summed E-state index contributed by atoms with van der Waals surface area (Å²) in [5, 5.41) is 11.8. The van der Waals surface area contributed by atoms with E-state index in [9.17, 15) is 9.59 Å². The highest BCUT2D eigenvalue weighted by molar-refractivity contribution is 5.88. The Morgan fingerprint density at radius 3 is 2.71 bits per heavy atom. The van der Waals surface area contributed by atoms with E-state index in [1.807, 2.05) is 4.90 Å². The fraction of sp³-hybridized carbons (Fsp3) is 0.600. The van der Waals surface area contributed by atoms with Crippen LogP contribution in [0.2, 0.25) is 0 Å². The second-order valence-corrected chi connectivity index (χ2v) is 5.42. The summed E-state index contributed by atoms with van der Waals surface area (Å²) in [6.45, 7) is 4.68. The number of aryl methyl sites for hydroxylation is 1. The molecule has 2 N–H and O–H groups in total. The summed E-state index contributed by atoms with van der Waals surface area (Å²) in [6.07, 6.45) is 4.18. The third-order valence-electron chi connectivity index (χ3n) is 3.61. The maximum absolute atomic E-state index is 12.2. The van der Waals surface area contributed by atoms with Gasteiger partial charge in [-0.15, -0.1) is 0 Å². The Morgan fingerprint density at radius 2 is 2.19 bits per heavy atom. The van der Waals surface area contributed by atoms with Crippen molar-refractivity contribution >= 4 is 12.0 Å². The summed E-state index contributed by atoms with van der Waals surface area (Å²) in [6, 6.07) is 1.73. The lowest BCUT2D eigenvalue weighted by Gasteiger charge is -2.22. The van der Waals surface area contributed by atoms with Gasteiger partial charge >= 0.3 is 12.0 Å². The fourth-order valence-electron chi connectivity index (χ4n) is 2.27. The molecule has 0 aromatic carbocycles. The molecular formula is C15H22N2O4. The summed E-state index contributed by atoms with van der Waals surface area (Å²) in [7, 11) is 0. The summed E-state index contributed by atoms with van der Waals surface area (Å²) >= 11 is 0. The predicted octanol–water partition coefficient (Wildman–Crippen LogP) is 2.76. The van der Waals surface area contributed by atoms with Crippen LogP contribution in [-0.2, 0) is 6.54 Å². The topological polar surface area (TPSA) is 82.8 Å². The molecule has 21 heavy (non-hydrogen) atoms. The van der Waals surface area contributed by atoms with Gasteiger partial charge in [-0.05, 0) is 32.3 Å². The Hall–Kier alpha value is -1.98. The van der Waals surface area contributed by atoms with Gasteiger partial charge in [0.15, 0.2) is 0 Å². The number of hydrogen-bond donors (Lipinski definition) is 2. The number of carboxylic acids is 1.